The van der Waals surface area contributed by atoms with Crippen LogP contribution in [0, 0.1) is 6.92 Å². The summed E-state index contributed by atoms with van der Waals surface area (Å²) in [6.45, 7) is 4.53. The van der Waals surface area contributed by atoms with Crippen LogP contribution in [0.25, 0.3) is 11.4 Å². The average Bonchev–Trinajstić information content (AvgIpc) is 2.73. The van der Waals surface area contributed by atoms with E-state index in [9.17, 15) is 4.79 Å². The van der Waals surface area contributed by atoms with E-state index in [4.69, 9.17) is 11.6 Å². The second kappa shape index (κ2) is 5.63. The fourth-order valence-electron chi connectivity index (χ4n) is 1.95. The number of carbonyl (C=O) groups excluding carboxylic acids is 1. The number of pyridine rings is 1. The Balaban J connectivity index is 2.54. The Morgan fingerprint density at radius 3 is 2.70 bits per heavy atom. The van der Waals surface area contributed by atoms with Crippen molar-refractivity contribution in [1.29, 1.82) is 0 Å². The van der Waals surface area contributed by atoms with E-state index < -0.39 is 0 Å². The number of amides is 1. The fraction of sp³-hybridized carbons (Fsp3) is 0.357. The highest BCUT2D eigenvalue weighted by atomic mass is 35.5. The van der Waals surface area contributed by atoms with Crippen molar-refractivity contribution in [3.8, 4) is 11.4 Å². The minimum absolute atomic E-state index is 0.137. The molecule has 0 saturated carbocycles. The predicted octanol–water partition coefficient (Wildman–Crippen LogP) is 2.63. The van der Waals surface area contributed by atoms with Gasteiger partial charge in [-0.05, 0) is 26.0 Å². The molecule has 5 nitrogen and oxygen atoms in total. The van der Waals surface area contributed by atoms with Gasteiger partial charge in [0, 0.05) is 20.6 Å². The van der Waals surface area contributed by atoms with Gasteiger partial charge in [-0.2, -0.15) is 5.10 Å². The first-order chi connectivity index (χ1) is 9.45. The predicted molar refractivity (Wildman–Crippen MR) is 78.9 cm³/mol. The first-order valence-corrected chi connectivity index (χ1v) is 6.75. The number of aryl methyl sites for hydroxylation is 2. The van der Waals surface area contributed by atoms with Crippen LogP contribution in [0.15, 0.2) is 18.2 Å². The Hall–Kier alpha value is -1.88. The molecular weight excluding hydrogens is 276 g/mol. The van der Waals surface area contributed by atoms with Crippen molar-refractivity contribution in [3.05, 3.63) is 34.6 Å². The Morgan fingerprint density at radius 2 is 2.10 bits per heavy atom. The molecule has 0 aliphatic rings. The molecule has 6 heteroatoms. The Morgan fingerprint density at radius 1 is 1.40 bits per heavy atom. The molecule has 20 heavy (non-hydrogen) atoms. The van der Waals surface area contributed by atoms with E-state index in [0.717, 1.165) is 11.4 Å². The number of carbonyl (C=O) groups is 1. The molecule has 0 bridgehead atoms. The summed E-state index contributed by atoms with van der Waals surface area (Å²) in [6, 6.07) is 5.33. The highest BCUT2D eigenvalue weighted by molar-refractivity contribution is 6.33. The molecule has 0 atom stereocenters. The monoisotopic (exact) mass is 292 g/mol. The lowest BCUT2D eigenvalue weighted by Crippen LogP contribution is -2.22. The van der Waals surface area contributed by atoms with Gasteiger partial charge in [0.1, 0.15) is 11.4 Å². The molecule has 1 amide bonds. The van der Waals surface area contributed by atoms with Crippen LogP contribution in [0.3, 0.4) is 0 Å². The molecule has 0 aliphatic carbocycles. The van der Waals surface area contributed by atoms with E-state index in [1.807, 2.05) is 19.9 Å². The topological polar surface area (TPSA) is 51.0 Å². The maximum Gasteiger partial charge on any atom is 0.271 e. The summed E-state index contributed by atoms with van der Waals surface area (Å²) in [5, 5.41) is 4.94. The van der Waals surface area contributed by atoms with E-state index in [2.05, 4.69) is 10.1 Å². The fourth-order valence-corrected chi connectivity index (χ4v) is 2.18. The number of hydrogen-bond acceptors (Lipinski definition) is 3. The molecular formula is C14H17ClN4O. The van der Waals surface area contributed by atoms with Crippen molar-refractivity contribution in [1.82, 2.24) is 19.7 Å². The van der Waals surface area contributed by atoms with Crippen LogP contribution in [0.5, 0.6) is 0 Å². The zero-order chi connectivity index (χ0) is 14.9. The largest absolute Gasteiger partial charge is 0.343 e. The highest BCUT2D eigenvalue weighted by Gasteiger charge is 2.17. The summed E-state index contributed by atoms with van der Waals surface area (Å²) in [4.78, 5) is 17.9. The van der Waals surface area contributed by atoms with Gasteiger partial charge in [0.05, 0.1) is 16.4 Å². The third-order valence-electron chi connectivity index (χ3n) is 2.97. The van der Waals surface area contributed by atoms with Crippen LogP contribution in [-0.4, -0.2) is 39.7 Å². The Bertz CT molecular complexity index is 649. The van der Waals surface area contributed by atoms with Gasteiger partial charge in [-0.1, -0.05) is 17.7 Å². The van der Waals surface area contributed by atoms with Crippen LogP contribution in [0.4, 0.5) is 0 Å². The smallest absolute Gasteiger partial charge is 0.271 e. The van der Waals surface area contributed by atoms with E-state index in [-0.39, 0.29) is 5.91 Å². The van der Waals surface area contributed by atoms with Crippen LogP contribution in [0.1, 0.15) is 23.1 Å². The molecule has 0 unspecified atom stereocenters. The first-order valence-electron chi connectivity index (χ1n) is 6.37. The van der Waals surface area contributed by atoms with Gasteiger partial charge in [-0.15, -0.1) is 0 Å². The molecule has 0 fully saturated rings. The molecule has 106 valence electrons. The van der Waals surface area contributed by atoms with E-state index in [1.54, 1.807) is 30.9 Å². The van der Waals surface area contributed by atoms with Gasteiger partial charge in [0.25, 0.3) is 5.91 Å². The molecule has 0 aliphatic heterocycles. The van der Waals surface area contributed by atoms with Crippen LogP contribution in [0.2, 0.25) is 5.02 Å². The molecule has 0 aromatic carbocycles. The van der Waals surface area contributed by atoms with Gasteiger partial charge < -0.3 is 4.90 Å². The quantitative estimate of drug-likeness (QED) is 0.874. The second-order valence-electron chi connectivity index (χ2n) is 4.67. The average molecular weight is 293 g/mol. The Kier molecular flexibility index (Phi) is 4.09. The third-order valence-corrected chi connectivity index (χ3v) is 3.42. The third kappa shape index (κ3) is 2.54. The van der Waals surface area contributed by atoms with Crippen molar-refractivity contribution in [2.75, 3.05) is 14.1 Å². The van der Waals surface area contributed by atoms with E-state index in [1.165, 1.54) is 4.90 Å². The van der Waals surface area contributed by atoms with Gasteiger partial charge in [0.15, 0.2) is 0 Å². The molecule has 2 rings (SSSR count). The highest BCUT2D eigenvalue weighted by Crippen LogP contribution is 2.29. The number of halogens is 1. The minimum atomic E-state index is -0.137. The molecule has 2 heterocycles. The van der Waals surface area contributed by atoms with E-state index in [0.29, 0.717) is 23.0 Å². The zero-order valence-electron chi connectivity index (χ0n) is 12.0. The standard InChI is InChI=1S/C14H17ClN4O/c1-5-19-13(12(15)9(2)17-19)10-7-6-8-11(16-10)14(20)18(3)4/h6-8H,5H2,1-4H3. The maximum atomic E-state index is 12.0. The van der Waals surface area contributed by atoms with Crippen LogP contribution < -0.4 is 0 Å². The second-order valence-corrected chi connectivity index (χ2v) is 5.05. The Labute approximate surface area is 123 Å². The minimum Gasteiger partial charge on any atom is -0.343 e. The van der Waals surface area contributed by atoms with Crippen molar-refractivity contribution in [2.24, 2.45) is 0 Å². The van der Waals surface area contributed by atoms with Crippen molar-refractivity contribution >= 4 is 17.5 Å². The molecule has 0 N–H and O–H groups in total. The first kappa shape index (κ1) is 14.5. The molecule has 0 saturated heterocycles. The summed E-state index contributed by atoms with van der Waals surface area (Å²) < 4.78 is 1.80. The van der Waals surface area contributed by atoms with Crippen LogP contribution >= 0.6 is 11.6 Å². The number of rotatable bonds is 3. The SMILES string of the molecule is CCn1nc(C)c(Cl)c1-c1cccc(C(=O)N(C)C)n1. The molecule has 0 radical (unpaired) electrons. The van der Waals surface area contributed by atoms with Gasteiger partial charge in [-0.25, -0.2) is 4.98 Å². The maximum absolute atomic E-state index is 12.0. The lowest BCUT2D eigenvalue weighted by atomic mass is 10.2. The molecule has 2 aromatic rings. The lowest BCUT2D eigenvalue weighted by Gasteiger charge is -2.11. The lowest BCUT2D eigenvalue weighted by molar-refractivity contribution is 0.0822. The van der Waals surface area contributed by atoms with Crippen molar-refractivity contribution in [2.45, 2.75) is 20.4 Å². The molecule has 2 aromatic heterocycles. The summed E-state index contributed by atoms with van der Waals surface area (Å²) >= 11 is 6.30. The zero-order valence-corrected chi connectivity index (χ0v) is 12.8. The number of aromatic nitrogens is 3. The number of hydrogen-bond donors (Lipinski definition) is 0. The summed E-state index contributed by atoms with van der Waals surface area (Å²) in [6.07, 6.45) is 0. The summed E-state index contributed by atoms with van der Waals surface area (Å²) in [5.41, 5.74) is 2.56. The summed E-state index contributed by atoms with van der Waals surface area (Å²) in [5.74, 6) is -0.137. The summed E-state index contributed by atoms with van der Waals surface area (Å²) in [7, 11) is 3.40. The van der Waals surface area contributed by atoms with Crippen LogP contribution in [-0.2, 0) is 6.54 Å². The molecule has 0 spiro atoms. The normalized spacial score (nSPS) is 10.7. The van der Waals surface area contributed by atoms with Gasteiger partial charge in [-0.3, -0.25) is 9.48 Å². The van der Waals surface area contributed by atoms with Gasteiger partial charge in [0.2, 0.25) is 0 Å². The van der Waals surface area contributed by atoms with E-state index >= 15 is 0 Å². The van der Waals surface area contributed by atoms with Crippen molar-refractivity contribution in [3.63, 3.8) is 0 Å². The number of nitrogens with zero attached hydrogens (tertiary/aromatic N) is 4. The van der Waals surface area contributed by atoms with Gasteiger partial charge >= 0.3 is 0 Å². The van der Waals surface area contributed by atoms with Crippen molar-refractivity contribution < 1.29 is 4.79 Å².